The third-order valence-corrected chi connectivity index (χ3v) is 3.49. The predicted molar refractivity (Wildman–Crippen MR) is 76.4 cm³/mol. The van der Waals surface area contributed by atoms with Crippen molar-refractivity contribution in [3.8, 4) is 6.07 Å². The Bertz CT molecular complexity index is 703. The van der Waals surface area contributed by atoms with Crippen LogP contribution < -0.4 is 5.32 Å². The Morgan fingerprint density at radius 3 is 2.95 bits per heavy atom. The minimum atomic E-state index is -1.01. The van der Waals surface area contributed by atoms with Gasteiger partial charge in [0.2, 0.25) is 0 Å². The number of halogens is 1. The van der Waals surface area contributed by atoms with Crippen molar-refractivity contribution in [3.05, 3.63) is 45.7 Å². The summed E-state index contributed by atoms with van der Waals surface area (Å²) in [5, 5.41) is 24.9. The van der Waals surface area contributed by atoms with Gasteiger partial charge in [-0.3, -0.25) is 4.68 Å². The summed E-state index contributed by atoms with van der Waals surface area (Å²) in [5.74, 6) is -1.01. The average Bonchev–Trinajstić information content (AvgIpc) is 2.78. The number of carboxylic acids is 1. The van der Waals surface area contributed by atoms with E-state index < -0.39 is 5.97 Å². The number of rotatable bonds is 4. The predicted octanol–water partition coefficient (Wildman–Crippen LogP) is 2.36. The molecule has 0 fully saturated rings. The van der Waals surface area contributed by atoms with Crippen LogP contribution in [-0.2, 0) is 13.6 Å². The molecule has 6 nitrogen and oxygen atoms in total. The molecule has 1 aromatic heterocycles. The van der Waals surface area contributed by atoms with Gasteiger partial charge in [0.1, 0.15) is 5.56 Å². The van der Waals surface area contributed by atoms with E-state index in [2.05, 4.69) is 26.3 Å². The monoisotopic (exact) mass is 334 g/mol. The zero-order valence-electron chi connectivity index (χ0n) is 10.6. The van der Waals surface area contributed by atoms with Gasteiger partial charge in [0.05, 0.1) is 30.1 Å². The van der Waals surface area contributed by atoms with Gasteiger partial charge in [-0.25, -0.2) is 4.79 Å². The lowest BCUT2D eigenvalue weighted by molar-refractivity contribution is 0.0695. The highest BCUT2D eigenvalue weighted by Crippen LogP contribution is 2.24. The first kappa shape index (κ1) is 14.1. The zero-order valence-corrected chi connectivity index (χ0v) is 12.2. The van der Waals surface area contributed by atoms with Crippen LogP contribution >= 0.6 is 15.9 Å². The molecule has 0 spiro atoms. The zero-order chi connectivity index (χ0) is 14.7. The van der Waals surface area contributed by atoms with Crippen molar-refractivity contribution in [2.75, 3.05) is 5.32 Å². The van der Waals surface area contributed by atoms with Crippen molar-refractivity contribution in [3.63, 3.8) is 0 Å². The lowest BCUT2D eigenvalue weighted by Gasteiger charge is -2.10. The van der Waals surface area contributed by atoms with Crippen LogP contribution in [0.4, 0.5) is 5.69 Å². The molecule has 0 amide bonds. The summed E-state index contributed by atoms with van der Waals surface area (Å²) >= 11 is 3.37. The number of carboxylic acid groups (broad SMARTS) is 1. The second kappa shape index (κ2) is 5.75. The van der Waals surface area contributed by atoms with Crippen molar-refractivity contribution in [2.45, 2.75) is 6.54 Å². The Balaban J connectivity index is 2.19. The Kier molecular flexibility index (Phi) is 4.05. The quantitative estimate of drug-likeness (QED) is 0.895. The van der Waals surface area contributed by atoms with Gasteiger partial charge < -0.3 is 10.4 Å². The van der Waals surface area contributed by atoms with Crippen LogP contribution in [0, 0.1) is 11.3 Å². The van der Waals surface area contributed by atoms with Gasteiger partial charge >= 0.3 is 5.97 Å². The highest BCUT2D eigenvalue weighted by Gasteiger charge is 2.14. The summed E-state index contributed by atoms with van der Waals surface area (Å²) < 4.78 is 2.27. The standard InChI is InChI=1S/C13H11BrN4O2/c1-18-12(9(6-17-18)13(19)20)7-16-11-3-2-8(5-15)4-10(11)14/h2-4,6,16H,7H2,1H3,(H,19,20). The van der Waals surface area contributed by atoms with Crippen molar-refractivity contribution < 1.29 is 9.90 Å². The maximum absolute atomic E-state index is 11.1. The van der Waals surface area contributed by atoms with Crippen molar-refractivity contribution in [1.29, 1.82) is 5.26 Å². The Morgan fingerprint density at radius 2 is 2.35 bits per heavy atom. The molecule has 1 heterocycles. The fourth-order valence-corrected chi connectivity index (χ4v) is 2.28. The van der Waals surface area contributed by atoms with Crippen LogP contribution in [0.5, 0.6) is 0 Å². The van der Waals surface area contributed by atoms with E-state index >= 15 is 0 Å². The van der Waals surface area contributed by atoms with Crippen LogP contribution in [0.3, 0.4) is 0 Å². The largest absolute Gasteiger partial charge is 0.478 e. The molecule has 20 heavy (non-hydrogen) atoms. The van der Waals surface area contributed by atoms with Gasteiger partial charge in [0.15, 0.2) is 0 Å². The lowest BCUT2D eigenvalue weighted by atomic mass is 10.2. The summed E-state index contributed by atoms with van der Waals surface area (Å²) in [6.45, 7) is 0.322. The number of aromatic nitrogens is 2. The van der Waals surface area contributed by atoms with Gasteiger partial charge in [0, 0.05) is 17.2 Å². The van der Waals surface area contributed by atoms with Crippen LogP contribution in [0.1, 0.15) is 21.6 Å². The van der Waals surface area contributed by atoms with E-state index in [9.17, 15) is 4.79 Å². The summed E-state index contributed by atoms with van der Waals surface area (Å²) in [6.07, 6.45) is 1.33. The molecule has 0 radical (unpaired) electrons. The van der Waals surface area contributed by atoms with E-state index in [-0.39, 0.29) is 5.56 Å². The molecule has 0 unspecified atom stereocenters. The van der Waals surface area contributed by atoms with E-state index in [1.165, 1.54) is 10.9 Å². The summed E-state index contributed by atoms with van der Waals surface area (Å²) in [4.78, 5) is 11.1. The third-order valence-electron chi connectivity index (χ3n) is 2.84. The van der Waals surface area contributed by atoms with Crippen LogP contribution in [0.25, 0.3) is 0 Å². The van der Waals surface area contributed by atoms with E-state index in [1.54, 1.807) is 25.2 Å². The van der Waals surface area contributed by atoms with Gasteiger partial charge in [-0.2, -0.15) is 10.4 Å². The molecule has 2 N–H and O–H groups in total. The summed E-state index contributed by atoms with van der Waals surface area (Å²) in [6, 6.07) is 7.20. The van der Waals surface area contributed by atoms with Crippen molar-refractivity contribution >= 4 is 27.6 Å². The minimum Gasteiger partial charge on any atom is -0.478 e. The number of hydrogen-bond donors (Lipinski definition) is 2. The number of carbonyl (C=O) groups is 1. The number of benzene rings is 1. The van der Waals surface area contributed by atoms with E-state index in [1.807, 2.05) is 6.07 Å². The fraction of sp³-hybridized carbons (Fsp3) is 0.154. The molecule has 0 aliphatic carbocycles. The summed E-state index contributed by atoms with van der Waals surface area (Å²) in [7, 11) is 1.69. The van der Waals surface area contributed by atoms with Crippen LogP contribution in [0.15, 0.2) is 28.9 Å². The molecule has 102 valence electrons. The van der Waals surface area contributed by atoms with Gasteiger partial charge in [-0.05, 0) is 34.1 Å². The van der Waals surface area contributed by atoms with E-state index in [4.69, 9.17) is 10.4 Å². The topological polar surface area (TPSA) is 90.9 Å². The Morgan fingerprint density at radius 1 is 1.60 bits per heavy atom. The second-order valence-electron chi connectivity index (χ2n) is 4.09. The lowest BCUT2D eigenvalue weighted by Crippen LogP contribution is -2.10. The molecule has 0 saturated heterocycles. The minimum absolute atomic E-state index is 0.171. The van der Waals surface area contributed by atoms with Gasteiger partial charge in [0.25, 0.3) is 0 Å². The van der Waals surface area contributed by atoms with Crippen molar-refractivity contribution in [2.24, 2.45) is 7.05 Å². The maximum atomic E-state index is 11.1. The normalized spacial score (nSPS) is 10.1. The number of hydrogen-bond acceptors (Lipinski definition) is 4. The van der Waals surface area contributed by atoms with Gasteiger partial charge in [-0.15, -0.1) is 0 Å². The number of nitriles is 1. The first-order valence-corrected chi connectivity index (χ1v) is 6.50. The third kappa shape index (κ3) is 2.81. The highest BCUT2D eigenvalue weighted by molar-refractivity contribution is 9.10. The number of nitrogens with zero attached hydrogens (tertiary/aromatic N) is 3. The molecule has 2 rings (SSSR count). The molecule has 0 saturated carbocycles. The van der Waals surface area contributed by atoms with E-state index in [0.717, 1.165) is 10.2 Å². The van der Waals surface area contributed by atoms with Crippen molar-refractivity contribution in [1.82, 2.24) is 9.78 Å². The van der Waals surface area contributed by atoms with E-state index in [0.29, 0.717) is 17.8 Å². The number of aryl methyl sites for hydroxylation is 1. The summed E-state index contributed by atoms with van der Waals surface area (Å²) in [5.41, 5.74) is 2.08. The SMILES string of the molecule is Cn1ncc(C(=O)O)c1CNc1ccc(C#N)cc1Br. The molecule has 0 aliphatic rings. The number of anilines is 1. The molecule has 0 atom stereocenters. The smallest absolute Gasteiger partial charge is 0.339 e. The molecular weight excluding hydrogens is 324 g/mol. The second-order valence-corrected chi connectivity index (χ2v) is 4.95. The van der Waals surface area contributed by atoms with Gasteiger partial charge in [-0.1, -0.05) is 0 Å². The number of nitrogens with one attached hydrogen (secondary N) is 1. The Labute approximate surface area is 123 Å². The maximum Gasteiger partial charge on any atom is 0.339 e. The first-order valence-electron chi connectivity index (χ1n) is 5.70. The average molecular weight is 335 g/mol. The molecule has 7 heteroatoms. The first-order chi connectivity index (χ1) is 9.52. The van der Waals surface area contributed by atoms with Crippen LogP contribution in [0.2, 0.25) is 0 Å². The molecule has 0 aliphatic heterocycles. The molecular formula is C13H11BrN4O2. The van der Waals surface area contributed by atoms with Crippen LogP contribution in [-0.4, -0.2) is 20.9 Å². The molecule has 0 bridgehead atoms. The highest BCUT2D eigenvalue weighted by atomic mass is 79.9. The number of aromatic carboxylic acids is 1. The Hall–Kier alpha value is -2.33. The molecule has 1 aromatic carbocycles. The fourth-order valence-electron chi connectivity index (χ4n) is 1.76. The molecule has 2 aromatic rings.